The minimum atomic E-state index is -1.97. The molecular weight excluding hydrogens is 408 g/mol. The summed E-state index contributed by atoms with van der Waals surface area (Å²) in [6.07, 6.45) is 12.7. The van der Waals surface area contributed by atoms with E-state index in [2.05, 4.69) is 56.8 Å². The number of carbonyl (C=O) groups is 2. The van der Waals surface area contributed by atoms with E-state index in [9.17, 15) is 9.59 Å². The second-order valence-electron chi connectivity index (χ2n) is 9.83. The van der Waals surface area contributed by atoms with E-state index in [4.69, 9.17) is 9.16 Å². The smallest absolute Gasteiger partial charge is 0.330 e. The molecule has 0 bridgehead atoms. The van der Waals surface area contributed by atoms with Crippen molar-refractivity contribution in [3.05, 3.63) is 36.0 Å². The molecule has 0 aromatic heterocycles. The standard InChI is InChI=1S/C25H42O5Si/c1-9-20(26)17-21-11-10-12-22(29-21)18-23(30-31(7,8)25(3,4)5)15-13-19(2)14-16-24(27)28-6/h10,12-14,16,21-23H,9,11,15,17-18H2,1-8H3/b16-14+,19-13+/t21-,22-,23-/m0/s1. The first kappa shape index (κ1) is 27.5. The van der Waals surface area contributed by atoms with Crippen molar-refractivity contribution in [2.45, 2.75) is 103 Å². The third-order valence-electron chi connectivity index (χ3n) is 6.12. The highest BCUT2D eigenvalue weighted by molar-refractivity contribution is 6.74. The molecule has 0 N–H and O–H groups in total. The Morgan fingerprint density at radius 3 is 2.52 bits per heavy atom. The quantitative estimate of drug-likeness (QED) is 0.129. The van der Waals surface area contributed by atoms with Gasteiger partial charge in [-0.15, -0.1) is 0 Å². The summed E-state index contributed by atoms with van der Waals surface area (Å²) in [5.41, 5.74) is 0.987. The van der Waals surface area contributed by atoms with Gasteiger partial charge in [0.2, 0.25) is 0 Å². The van der Waals surface area contributed by atoms with E-state index in [1.54, 1.807) is 6.08 Å². The fraction of sp³-hybridized carbons (Fsp3) is 0.680. The van der Waals surface area contributed by atoms with E-state index in [0.717, 1.165) is 24.8 Å². The predicted octanol–water partition coefficient (Wildman–Crippen LogP) is 5.92. The maximum atomic E-state index is 11.8. The SMILES string of the molecule is CCC(=O)C[C@@H]1CC=C[C@@H](C[C@H](C/C=C(C)/C=C/C(=O)OC)O[Si](C)(C)C(C)(C)C)O1. The number of allylic oxidation sites excluding steroid dienone is 2. The number of ether oxygens (including phenoxy) is 2. The van der Waals surface area contributed by atoms with Crippen LogP contribution in [-0.4, -0.2) is 45.5 Å². The van der Waals surface area contributed by atoms with Gasteiger partial charge in [0.25, 0.3) is 0 Å². The highest BCUT2D eigenvalue weighted by atomic mass is 28.4. The number of hydrogen-bond donors (Lipinski definition) is 0. The summed E-state index contributed by atoms with van der Waals surface area (Å²) in [6.45, 7) is 15.1. The second-order valence-corrected chi connectivity index (χ2v) is 14.6. The van der Waals surface area contributed by atoms with Gasteiger partial charge in [-0.3, -0.25) is 4.79 Å². The van der Waals surface area contributed by atoms with Crippen LogP contribution in [0.15, 0.2) is 36.0 Å². The number of methoxy groups -OCH3 is 1. The van der Waals surface area contributed by atoms with Gasteiger partial charge in [0.05, 0.1) is 25.4 Å². The summed E-state index contributed by atoms with van der Waals surface area (Å²) < 4.78 is 17.6. The molecular formula is C25H42O5Si. The summed E-state index contributed by atoms with van der Waals surface area (Å²) in [5.74, 6) is -0.126. The van der Waals surface area contributed by atoms with Crippen molar-refractivity contribution in [3.63, 3.8) is 0 Å². The topological polar surface area (TPSA) is 61.8 Å². The summed E-state index contributed by atoms with van der Waals surface area (Å²) in [6, 6.07) is 0. The first-order valence-electron chi connectivity index (χ1n) is 11.3. The van der Waals surface area contributed by atoms with Crippen LogP contribution in [0.25, 0.3) is 0 Å². The fourth-order valence-electron chi connectivity index (χ4n) is 3.09. The van der Waals surface area contributed by atoms with Gasteiger partial charge in [-0.1, -0.05) is 57.6 Å². The maximum Gasteiger partial charge on any atom is 0.330 e. The van der Waals surface area contributed by atoms with Crippen molar-refractivity contribution < 1.29 is 23.5 Å². The van der Waals surface area contributed by atoms with Crippen LogP contribution in [0.3, 0.4) is 0 Å². The van der Waals surface area contributed by atoms with Crippen LogP contribution in [0.4, 0.5) is 0 Å². The van der Waals surface area contributed by atoms with Gasteiger partial charge in [0, 0.05) is 25.3 Å². The van der Waals surface area contributed by atoms with Crippen LogP contribution in [-0.2, 0) is 23.5 Å². The molecule has 31 heavy (non-hydrogen) atoms. The lowest BCUT2D eigenvalue weighted by molar-refractivity contribution is -0.134. The Morgan fingerprint density at radius 1 is 1.26 bits per heavy atom. The normalized spacial score (nSPS) is 21.4. The Hall–Kier alpha value is -1.50. The molecule has 0 aliphatic carbocycles. The summed E-state index contributed by atoms with van der Waals surface area (Å²) >= 11 is 0. The molecule has 1 aliphatic heterocycles. The number of esters is 1. The molecule has 5 nitrogen and oxygen atoms in total. The third-order valence-corrected chi connectivity index (χ3v) is 10.7. The first-order valence-corrected chi connectivity index (χ1v) is 14.2. The van der Waals surface area contributed by atoms with Crippen molar-refractivity contribution >= 4 is 20.1 Å². The summed E-state index contributed by atoms with van der Waals surface area (Å²) in [4.78, 5) is 23.2. The number of carbonyl (C=O) groups excluding carboxylic acids is 2. The number of ketones is 1. The van der Waals surface area contributed by atoms with Gasteiger partial charge in [-0.05, 0) is 37.9 Å². The van der Waals surface area contributed by atoms with E-state index in [0.29, 0.717) is 12.8 Å². The van der Waals surface area contributed by atoms with E-state index in [-0.39, 0.29) is 35.1 Å². The van der Waals surface area contributed by atoms with Gasteiger partial charge in [-0.2, -0.15) is 0 Å². The Morgan fingerprint density at radius 2 is 1.94 bits per heavy atom. The average molecular weight is 451 g/mol. The number of rotatable bonds is 11. The molecule has 176 valence electrons. The third kappa shape index (κ3) is 10.1. The molecule has 0 spiro atoms. The van der Waals surface area contributed by atoms with E-state index >= 15 is 0 Å². The minimum absolute atomic E-state index is 0.00218. The van der Waals surface area contributed by atoms with Gasteiger partial charge >= 0.3 is 5.97 Å². The van der Waals surface area contributed by atoms with Crippen LogP contribution in [0.2, 0.25) is 18.1 Å². The summed E-state index contributed by atoms with van der Waals surface area (Å²) in [7, 11) is -0.602. The molecule has 1 heterocycles. The van der Waals surface area contributed by atoms with Gasteiger partial charge < -0.3 is 13.9 Å². The van der Waals surface area contributed by atoms with Crippen LogP contribution < -0.4 is 0 Å². The highest BCUT2D eigenvalue weighted by Gasteiger charge is 2.39. The molecule has 0 aromatic rings. The monoisotopic (exact) mass is 450 g/mol. The molecule has 0 fully saturated rings. The zero-order valence-electron chi connectivity index (χ0n) is 20.7. The molecule has 1 rings (SSSR count). The Bertz CT molecular complexity index is 685. The van der Waals surface area contributed by atoms with Crippen molar-refractivity contribution in [2.24, 2.45) is 0 Å². The molecule has 3 atom stereocenters. The lowest BCUT2D eigenvalue weighted by atomic mass is 10.0. The van der Waals surface area contributed by atoms with Crippen molar-refractivity contribution in [1.82, 2.24) is 0 Å². The average Bonchev–Trinajstić information content (AvgIpc) is 2.69. The number of hydrogen-bond acceptors (Lipinski definition) is 5. The zero-order valence-corrected chi connectivity index (χ0v) is 21.7. The van der Waals surface area contributed by atoms with Crippen LogP contribution in [0.1, 0.15) is 66.7 Å². The molecule has 0 saturated heterocycles. The van der Waals surface area contributed by atoms with Gasteiger partial charge in [-0.25, -0.2) is 4.79 Å². The van der Waals surface area contributed by atoms with Crippen molar-refractivity contribution in [3.8, 4) is 0 Å². The largest absolute Gasteiger partial charge is 0.466 e. The predicted molar refractivity (Wildman–Crippen MR) is 129 cm³/mol. The second kappa shape index (κ2) is 12.5. The van der Waals surface area contributed by atoms with E-state index in [1.165, 1.54) is 13.2 Å². The molecule has 0 saturated carbocycles. The lowest BCUT2D eigenvalue weighted by Gasteiger charge is -2.40. The molecule has 1 aliphatic rings. The minimum Gasteiger partial charge on any atom is -0.466 e. The fourth-order valence-corrected chi connectivity index (χ4v) is 4.47. The van der Waals surface area contributed by atoms with Crippen molar-refractivity contribution in [2.75, 3.05) is 7.11 Å². The lowest BCUT2D eigenvalue weighted by Crippen LogP contribution is -2.45. The van der Waals surface area contributed by atoms with E-state index < -0.39 is 8.32 Å². The Kier molecular flexibility index (Phi) is 11.1. The molecule has 6 heteroatoms. The molecule has 0 aromatic carbocycles. The summed E-state index contributed by atoms with van der Waals surface area (Å²) in [5, 5.41) is 0.105. The molecule has 0 unspecified atom stereocenters. The highest BCUT2D eigenvalue weighted by Crippen LogP contribution is 2.38. The van der Waals surface area contributed by atoms with Crippen LogP contribution >= 0.6 is 0 Å². The molecule has 0 amide bonds. The molecule has 0 radical (unpaired) electrons. The Balaban J connectivity index is 2.91. The number of Topliss-reactive ketones (excluding diaryl/α,β-unsaturated/α-hetero) is 1. The Labute approximate surface area is 190 Å². The van der Waals surface area contributed by atoms with Gasteiger partial charge in [0.1, 0.15) is 5.78 Å². The van der Waals surface area contributed by atoms with Crippen LogP contribution in [0, 0.1) is 0 Å². The first-order chi connectivity index (χ1) is 14.4. The maximum absolute atomic E-state index is 11.8. The van der Waals surface area contributed by atoms with Crippen LogP contribution in [0.5, 0.6) is 0 Å². The van der Waals surface area contributed by atoms with Crippen molar-refractivity contribution in [1.29, 1.82) is 0 Å². The van der Waals surface area contributed by atoms with Gasteiger partial charge in [0.15, 0.2) is 8.32 Å². The van der Waals surface area contributed by atoms with E-state index in [1.807, 2.05) is 13.8 Å². The zero-order chi connectivity index (χ0) is 23.7.